The lowest BCUT2D eigenvalue weighted by molar-refractivity contribution is 0.349. The zero-order chi connectivity index (χ0) is 46.6. The van der Waals surface area contributed by atoms with E-state index in [4.69, 9.17) is 12.2 Å². The number of hydrogen-bond donors (Lipinski definition) is 0. The molecule has 7 rings (SSSR count). The SMILES string of the molecule is [2H]c1c(F)c(F)c(Sc2c(F)c(F)c(Oc3cc(-c4ccccc4)c(Oc4c(F)c(F)c(Sc5c(F)c(F)c([2H])c(F)c5F)c(F)c4F)cc3-c3ccccc3)c(F)c2F)c(F)c1F. The maximum Gasteiger partial charge on any atom is 0.205 e. The highest BCUT2D eigenvalue weighted by atomic mass is 32.2. The van der Waals surface area contributed by atoms with Crippen LogP contribution in [0.4, 0.5) is 70.2 Å². The third kappa shape index (κ3) is 7.87. The van der Waals surface area contributed by atoms with Crippen LogP contribution in [0.15, 0.2) is 104 Å². The molecule has 2 nitrogen and oxygen atoms in total. The fraction of sp³-hybridized carbons (Fsp3) is 0. The third-order valence-corrected chi connectivity index (χ3v) is 10.7. The minimum atomic E-state index is -2.40. The molecular formula is C42H14F16O2S2. The normalized spacial score (nSPS) is 11.8. The van der Waals surface area contributed by atoms with Crippen molar-refractivity contribution in [3.63, 3.8) is 0 Å². The van der Waals surface area contributed by atoms with Crippen molar-refractivity contribution < 1.29 is 82.5 Å². The lowest BCUT2D eigenvalue weighted by Gasteiger charge is -2.20. The Hall–Kier alpha value is -6.28. The van der Waals surface area contributed by atoms with Crippen molar-refractivity contribution in [2.24, 2.45) is 0 Å². The lowest BCUT2D eigenvalue weighted by Crippen LogP contribution is -2.06. The summed E-state index contributed by atoms with van der Waals surface area (Å²) in [6, 6.07) is 11.4. The van der Waals surface area contributed by atoms with E-state index in [-0.39, 0.29) is 11.1 Å². The summed E-state index contributed by atoms with van der Waals surface area (Å²) >= 11 is -1.63. The molecule has 0 saturated carbocycles. The Kier molecular flexibility index (Phi) is 11.4. The van der Waals surface area contributed by atoms with Gasteiger partial charge < -0.3 is 9.47 Å². The zero-order valence-electron chi connectivity index (χ0n) is 31.6. The summed E-state index contributed by atoms with van der Waals surface area (Å²) in [4.78, 5) is -7.36. The largest absolute Gasteiger partial charge is 0.450 e. The molecule has 0 aliphatic carbocycles. The van der Waals surface area contributed by atoms with Crippen LogP contribution in [0.25, 0.3) is 22.3 Å². The Morgan fingerprint density at radius 2 is 0.597 bits per heavy atom. The van der Waals surface area contributed by atoms with E-state index >= 15 is 35.1 Å². The molecule has 0 radical (unpaired) electrons. The predicted molar refractivity (Wildman–Crippen MR) is 191 cm³/mol. The third-order valence-electron chi connectivity index (χ3n) is 8.46. The molecule has 0 fully saturated rings. The quantitative estimate of drug-likeness (QED) is 0.100. The molecule has 20 heteroatoms. The molecule has 0 aromatic heterocycles. The predicted octanol–water partition coefficient (Wildman–Crippen LogP) is 15.1. The second-order valence-electron chi connectivity index (χ2n) is 12.2. The van der Waals surface area contributed by atoms with Gasteiger partial charge in [-0.25, -0.2) is 52.7 Å². The van der Waals surface area contributed by atoms with Crippen molar-refractivity contribution in [2.45, 2.75) is 19.6 Å². The smallest absolute Gasteiger partial charge is 0.205 e. The molecule has 0 N–H and O–H groups in total. The number of benzene rings is 7. The summed E-state index contributed by atoms with van der Waals surface area (Å²) in [5.74, 6) is -42.8. The molecule has 0 amide bonds. The van der Waals surface area contributed by atoms with E-state index in [0.717, 1.165) is 12.1 Å². The van der Waals surface area contributed by atoms with Crippen LogP contribution >= 0.6 is 23.5 Å². The van der Waals surface area contributed by atoms with Gasteiger partial charge >= 0.3 is 0 Å². The molecule has 0 spiro atoms. The van der Waals surface area contributed by atoms with Crippen LogP contribution < -0.4 is 9.47 Å². The first-order valence-electron chi connectivity index (χ1n) is 17.6. The van der Waals surface area contributed by atoms with Gasteiger partial charge in [0.2, 0.25) is 34.8 Å². The van der Waals surface area contributed by atoms with Crippen LogP contribution in [0.1, 0.15) is 2.74 Å². The van der Waals surface area contributed by atoms with Gasteiger partial charge in [-0.05, 0) is 23.3 Å². The highest BCUT2D eigenvalue weighted by molar-refractivity contribution is 7.99. The number of halogens is 16. The van der Waals surface area contributed by atoms with Crippen molar-refractivity contribution in [2.75, 3.05) is 0 Å². The Labute approximate surface area is 348 Å². The topological polar surface area (TPSA) is 18.5 Å². The van der Waals surface area contributed by atoms with E-state index in [1.165, 1.54) is 60.7 Å². The molecule has 7 aromatic carbocycles. The highest BCUT2D eigenvalue weighted by Crippen LogP contribution is 2.49. The van der Waals surface area contributed by atoms with Gasteiger partial charge in [-0.1, -0.05) is 84.2 Å². The molecule has 0 aliphatic rings. The molecule has 62 heavy (non-hydrogen) atoms. The van der Waals surface area contributed by atoms with Crippen molar-refractivity contribution in [3.8, 4) is 45.3 Å². The van der Waals surface area contributed by atoms with Gasteiger partial charge in [-0.3, -0.25) is 0 Å². The maximum absolute atomic E-state index is 15.7. The highest BCUT2D eigenvalue weighted by Gasteiger charge is 2.34. The van der Waals surface area contributed by atoms with Crippen LogP contribution in [0.3, 0.4) is 0 Å². The second kappa shape index (κ2) is 17.2. The molecule has 7 aromatic rings. The van der Waals surface area contributed by atoms with Crippen LogP contribution in [0, 0.1) is 93.1 Å². The van der Waals surface area contributed by atoms with Gasteiger partial charge in [0, 0.05) is 23.2 Å². The van der Waals surface area contributed by atoms with E-state index in [9.17, 15) is 35.1 Å². The summed E-state index contributed by atoms with van der Waals surface area (Å²) < 4.78 is 264. The minimum Gasteiger partial charge on any atom is -0.450 e. The number of rotatable bonds is 10. The van der Waals surface area contributed by atoms with Gasteiger partial charge in [-0.2, -0.15) is 17.6 Å². The average molecular weight is 921 g/mol. The van der Waals surface area contributed by atoms with Crippen molar-refractivity contribution >= 4 is 23.5 Å². The van der Waals surface area contributed by atoms with Crippen LogP contribution in [0.5, 0.6) is 23.0 Å². The minimum absolute atomic E-state index is 0.0176. The zero-order valence-corrected chi connectivity index (χ0v) is 31.2. The Bertz CT molecular complexity index is 2730. The maximum atomic E-state index is 15.7. The molecule has 0 heterocycles. The molecule has 318 valence electrons. The summed E-state index contributed by atoms with van der Waals surface area (Å²) in [5.41, 5.74) is -0.839. The first-order chi connectivity index (χ1) is 30.3. The molecule has 0 saturated heterocycles. The van der Waals surface area contributed by atoms with E-state index in [0.29, 0.717) is 0 Å². The van der Waals surface area contributed by atoms with Crippen molar-refractivity contribution in [1.82, 2.24) is 0 Å². The fourth-order valence-electron chi connectivity index (χ4n) is 5.56. The van der Waals surface area contributed by atoms with Crippen molar-refractivity contribution in [1.29, 1.82) is 0 Å². The average Bonchev–Trinajstić information content (AvgIpc) is 3.30. The molecule has 0 atom stereocenters. The lowest BCUT2D eigenvalue weighted by atomic mass is 9.97. The van der Waals surface area contributed by atoms with Crippen LogP contribution in [0.2, 0.25) is 0 Å². The summed E-state index contributed by atoms with van der Waals surface area (Å²) in [7, 11) is 0. The van der Waals surface area contributed by atoms with Crippen LogP contribution in [-0.2, 0) is 0 Å². The van der Waals surface area contributed by atoms with E-state index in [1.54, 1.807) is 0 Å². The van der Waals surface area contributed by atoms with Gasteiger partial charge in [0.05, 0.1) is 22.3 Å². The molecule has 0 unspecified atom stereocenters. The first kappa shape index (κ1) is 41.1. The number of hydrogen-bond acceptors (Lipinski definition) is 4. The molecule has 0 aliphatic heterocycles. The van der Waals surface area contributed by atoms with E-state index < -0.39 is 182 Å². The van der Waals surface area contributed by atoms with Gasteiger partial charge in [-0.15, -0.1) is 0 Å². The standard InChI is InChI=1S/C42H14F16O2S2/c43-19-13-20(44)26(48)39(25(19)47)61-41-33(55)29(51)37(30(52)34(41)56)59-23-12-18(16-9-5-2-6-10-16)24(11-17(23)15-7-3-1-4-8-15)60-38-31(53)35(57)42(36(58)32(38)54)62-40-27(49)21(45)14-22(46)28(40)50/h1-14H/i13D,14D. The van der Waals surface area contributed by atoms with Gasteiger partial charge in [0.15, 0.2) is 69.8 Å². The first-order valence-corrected chi connectivity index (χ1v) is 18.3. The van der Waals surface area contributed by atoms with Crippen LogP contribution in [-0.4, -0.2) is 0 Å². The summed E-state index contributed by atoms with van der Waals surface area (Å²) in [6.45, 7) is 0. The fourth-order valence-corrected chi connectivity index (χ4v) is 7.41. The van der Waals surface area contributed by atoms with Gasteiger partial charge in [0.1, 0.15) is 11.5 Å². The van der Waals surface area contributed by atoms with Gasteiger partial charge in [0.25, 0.3) is 0 Å². The Morgan fingerprint density at radius 3 is 0.871 bits per heavy atom. The monoisotopic (exact) mass is 920 g/mol. The Morgan fingerprint density at radius 1 is 0.339 bits per heavy atom. The van der Waals surface area contributed by atoms with E-state index in [1.807, 2.05) is 0 Å². The Balaban J connectivity index is 1.37. The summed E-state index contributed by atoms with van der Waals surface area (Å²) in [5, 5.41) is 0. The second-order valence-corrected chi connectivity index (χ2v) is 14.3. The van der Waals surface area contributed by atoms with E-state index in [2.05, 4.69) is 0 Å². The number of ether oxygens (including phenoxy) is 2. The molecular weight excluding hydrogens is 905 g/mol. The summed E-state index contributed by atoms with van der Waals surface area (Å²) in [6.07, 6.45) is 0. The molecule has 0 bridgehead atoms. The van der Waals surface area contributed by atoms with Crippen molar-refractivity contribution in [3.05, 3.63) is 178 Å².